The zero-order valence-electron chi connectivity index (χ0n) is 12.6. The van der Waals surface area contributed by atoms with Crippen molar-refractivity contribution < 1.29 is 14.4 Å². The summed E-state index contributed by atoms with van der Waals surface area (Å²) >= 11 is 12.5. The van der Waals surface area contributed by atoms with E-state index in [-0.39, 0.29) is 28.4 Å². The summed E-state index contributed by atoms with van der Waals surface area (Å²) in [7, 11) is 0. The maximum absolute atomic E-state index is 12.5. The third-order valence-corrected chi connectivity index (χ3v) is 5.99. The van der Waals surface area contributed by atoms with E-state index in [4.69, 9.17) is 24.4 Å². The molecule has 10 heteroatoms. The molecule has 0 bridgehead atoms. The summed E-state index contributed by atoms with van der Waals surface area (Å²) in [6, 6.07) is 9.37. The number of thioether (sulfide) groups is 2. The largest absolute Gasteiger partial charge is 0.283 e. The van der Waals surface area contributed by atoms with Crippen molar-refractivity contribution in [1.29, 1.82) is 0 Å². The van der Waals surface area contributed by atoms with Crippen LogP contribution in [0.3, 0.4) is 0 Å². The van der Waals surface area contributed by atoms with Crippen LogP contribution in [0.5, 0.6) is 0 Å². The molecule has 2 fully saturated rings. The minimum Gasteiger partial charge on any atom is -0.283 e. The maximum atomic E-state index is 12.5. The molecule has 0 radical (unpaired) electrons. The monoisotopic (exact) mass is 409 g/mol. The number of benzene rings is 1. The second-order valence-electron chi connectivity index (χ2n) is 5.00. The molecule has 0 unspecified atom stereocenters. The van der Waals surface area contributed by atoms with E-state index in [9.17, 15) is 14.4 Å². The van der Waals surface area contributed by atoms with Gasteiger partial charge in [0.1, 0.15) is 10.9 Å². The van der Waals surface area contributed by atoms with Gasteiger partial charge in [0, 0.05) is 0 Å². The van der Waals surface area contributed by atoms with Gasteiger partial charge in [-0.1, -0.05) is 78.3 Å². The smallest absolute Gasteiger partial charge is 0.266 e. The highest BCUT2D eigenvalue weighted by Gasteiger charge is 2.35. The lowest BCUT2D eigenvalue weighted by molar-refractivity contribution is -0.135. The van der Waals surface area contributed by atoms with E-state index in [1.54, 1.807) is 6.08 Å². The number of carbonyl (C=O) groups excluding carboxylic acids is 3. The highest BCUT2D eigenvalue weighted by atomic mass is 32.2. The summed E-state index contributed by atoms with van der Waals surface area (Å²) in [4.78, 5) is 37.9. The molecular weight excluding hydrogens is 398 g/mol. The van der Waals surface area contributed by atoms with Crippen molar-refractivity contribution in [3.8, 4) is 0 Å². The molecule has 2 heterocycles. The molecule has 2 aliphatic rings. The van der Waals surface area contributed by atoms with E-state index in [1.807, 2.05) is 30.3 Å². The number of hydrogen-bond acceptors (Lipinski definition) is 7. The number of hydrogen-bond donors (Lipinski definition) is 1. The van der Waals surface area contributed by atoms with Gasteiger partial charge in [0.15, 0.2) is 4.32 Å². The van der Waals surface area contributed by atoms with Gasteiger partial charge in [0.2, 0.25) is 0 Å². The van der Waals surface area contributed by atoms with Crippen LogP contribution in [0.2, 0.25) is 0 Å². The normalized spacial score (nSPS) is 19.3. The SMILES string of the molecule is O=C(CN1C(=O)C(=Cc2ccccc2)SC1=S)NN1C(=O)CSC1=S. The first kappa shape index (κ1) is 18.1. The van der Waals surface area contributed by atoms with Gasteiger partial charge in [0.05, 0.1) is 10.7 Å². The molecule has 2 saturated heterocycles. The highest BCUT2D eigenvalue weighted by Crippen LogP contribution is 2.32. The molecule has 6 nitrogen and oxygen atoms in total. The van der Waals surface area contributed by atoms with Gasteiger partial charge in [0.25, 0.3) is 17.7 Å². The summed E-state index contributed by atoms with van der Waals surface area (Å²) in [5.74, 6) is -0.966. The number of thiocarbonyl (C=S) groups is 2. The Morgan fingerprint density at radius 2 is 1.92 bits per heavy atom. The molecule has 25 heavy (non-hydrogen) atoms. The van der Waals surface area contributed by atoms with Gasteiger partial charge >= 0.3 is 0 Å². The zero-order chi connectivity index (χ0) is 18.0. The first-order chi connectivity index (χ1) is 12.0. The fraction of sp³-hybridized carbons (Fsp3) is 0.133. The van der Waals surface area contributed by atoms with Crippen molar-refractivity contribution in [2.45, 2.75) is 0 Å². The van der Waals surface area contributed by atoms with E-state index in [0.717, 1.165) is 22.3 Å². The van der Waals surface area contributed by atoms with Crippen LogP contribution in [0, 0.1) is 0 Å². The van der Waals surface area contributed by atoms with Gasteiger partial charge in [-0.25, -0.2) is 5.01 Å². The van der Waals surface area contributed by atoms with Crippen LogP contribution in [0.15, 0.2) is 35.2 Å². The molecule has 0 aromatic heterocycles. The van der Waals surface area contributed by atoms with Crippen LogP contribution in [0.1, 0.15) is 5.56 Å². The number of rotatable bonds is 4. The Balaban J connectivity index is 1.67. The van der Waals surface area contributed by atoms with Crippen LogP contribution in [0.4, 0.5) is 0 Å². The molecule has 0 aliphatic carbocycles. The average molecular weight is 410 g/mol. The Labute approximate surface area is 163 Å². The summed E-state index contributed by atoms with van der Waals surface area (Å²) in [5, 5.41) is 1.03. The predicted molar refractivity (Wildman–Crippen MR) is 106 cm³/mol. The lowest BCUT2D eigenvalue weighted by Crippen LogP contribution is -2.49. The molecule has 3 rings (SSSR count). The number of carbonyl (C=O) groups is 3. The van der Waals surface area contributed by atoms with Gasteiger partial charge in [-0.05, 0) is 11.6 Å². The topological polar surface area (TPSA) is 69.7 Å². The average Bonchev–Trinajstić information content (AvgIpc) is 3.03. The number of hydrazine groups is 1. The highest BCUT2D eigenvalue weighted by molar-refractivity contribution is 8.26. The molecule has 0 saturated carbocycles. The van der Waals surface area contributed by atoms with Crippen molar-refractivity contribution in [3.05, 3.63) is 40.8 Å². The quantitative estimate of drug-likeness (QED) is 0.600. The molecular formula is C15H11N3O3S4. The van der Waals surface area contributed by atoms with E-state index in [0.29, 0.717) is 9.23 Å². The van der Waals surface area contributed by atoms with Crippen molar-refractivity contribution in [2.75, 3.05) is 12.3 Å². The molecule has 0 spiro atoms. The summed E-state index contributed by atoms with van der Waals surface area (Å²) < 4.78 is 0.583. The lowest BCUT2D eigenvalue weighted by atomic mass is 10.2. The van der Waals surface area contributed by atoms with Crippen LogP contribution < -0.4 is 5.43 Å². The van der Waals surface area contributed by atoms with Crippen LogP contribution >= 0.6 is 48.0 Å². The Hall–Kier alpha value is -1.75. The van der Waals surface area contributed by atoms with E-state index < -0.39 is 5.91 Å². The second-order valence-corrected chi connectivity index (χ2v) is 8.28. The minimum absolute atomic E-state index is 0.194. The third kappa shape index (κ3) is 4.09. The van der Waals surface area contributed by atoms with Crippen LogP contribution in [-0.2, 0) is 14.4 Å². The fourth-order valence-electron chi connectivity index (χ4n) is 2.10. The Bertz CT molecular complexity index is 793. The van der Waals surface area contributed by atoms with Crippen LogP contribution in [-0.4, -0.2) is 48.6 Å². The predicted octanol–water partition coefficient (Wildman–Crippen LogP) is 1.78. The van der Waals surface area contributed by atoms with Gasteiger partial charge < -0.3 is 0 Å². The van der Waals surface area contributed by atoms with Crippen molar-refractivity contribution >= 4 is 80.4 Å². The van der Waals surface area contributed by atoms with E-state index in [1.165, 1.54) is 16.7 Å². The molecule has 3 amide bonds. The van der Waals surface area contributed by atoms with Gasteiger partial charge in [-0.15, -0.1) is 0 Å². The summed E-state index contributed by atoms with van der Waals surface area (Å²) in [6.45, 7) is -0.270. The number of amides is 3. The molecule has 0 atom stereocenters. The first-order valence-corrected chi connectivity index (χ1v) is 9.67. The van der Waals surface area contributed by atoms with E-state index in [2.05, 4.69) is 5.43 Å². The van der Waals surface area contributed by atoms with Crippen molar-refractivity contribution in [2.24, 2.45) is 0 Å². The standard InChI is InChI=1S/C15H11N3O3S4/c19-11(16-18-12(20)8-24-15(18)23)7-17-13(21)10(25-14(17)22)6-9-4-2-1-3-5-9/h1-6H,7-8H2,(H,16,19). The Kier molecular flexibility index (Phi) is 5.52. The third-order valence-electron chi connectivity index (χ3n) is 3.26. The fourth-order valence-corrected chi connectivity index (χ4v) is 4.33. The second kappa shape index (κ2) is 7.65. The maximum Gasteiger partial charge on any atom is 0.266 e. The minimum atomic E-state index is -0.532. The van der Waals surface area contributed by atoms with E-state index >= 15 is 0 Å². The molecule has 128 valence electrons. The van der Waals surface area contributed by atoms with Crippen LogP contribution in [0.25, 0.3) is 6.08 Å². The lowest BCUT2D eigenvalue weighted by Gasteiger charge is -2.19. The Morgan fingerprint density at radius 1 is 1.20 bits per heavy atom. The van der Waals surface area contributed by atoms with Gasteiger partial charge in [-0.2, -0.15) is 0 Å². The molecule has 1 aromatic carbocycles. The number of nitrogens with zero attached hydrogens (tertiary/aromatic N) is 2. The van der Waals surface area contributed by atoms with Crippen molar-refractivity contribution in [1.82, 2.24) is 15.3 Å². The number of nitrogens with one attached hydrogen (secondary N) is 1. The first-order valence-electron chi connectivity index (χ1n) is 7.05. The molecule has 1 aromatic rings. The zero-order valence-corrected chi connectivity index (χ0v) is 15.9. The molecule has 2 aliphatic heterocycles. The Morgan fingerprint density at radius 3 is 2.56 bits per heavy atom. The van der Waals surface area contributed by atoms with Gasteiger partial charge in [-0.3, -0.25) is 24.7 Å². The summed E-state index contributed by atoms with van der Waals surface area (Å²) in [6.07, 6.45) is 1.73. The molecule has 1 N–H and O–H groups in total. The van der Waals surface area contributed by atoms with Crippen molar-refractivity contribution in [3.63, 3.8) is 0 Å². The summed E-state index contributed by atoms with van der Waals surface area (Å²) in [5.41, 5.74) is 3.28.